The molecule has 5 rings (SSSR count). The summed E-state index contributed by atoms with van der Waals surface area (Å²) in [5.74, 6) is -0.970. The van der Waals surface area contributed by atoms with Crippen LogP contribution >= 0.6 is 11.8 Å². The number of nitrogens with zero attached hydrogens (tertiary/aromatic N) is 1. The second kappa shape index (κ2) is 16.6. The highest BCUT2D eigenvalue weighted by molar-refractivity contribution is 8.00. The number of nitrogens with one attached hydrogen (secondary N) is 3. The molecule has 0 aliphatic heterocycles. The number of amides is 3. The summed E-state index contributed by atoms with van der Waals surface area (Å²) in [6, 6.07) is 37.7. The average Bonchev–Trinajstić information content (AvgIpc) is 3.12. The fourth-order valence-corrected chi connectivity index (χ4v) is 5.89. The molecule has 3 amide bonds. The van der Waals surface area contributed by atoms with E-state index in [0.29, 0.717) is 34.2 Å². The first-order valence-corrected chi connectivity index (χ1v) is 16.2. The number of benzene rings is 5. The van der Waals surface area contributed by atoms with E-state index >= 15 is 0 Å². The Morgan fingerprint density at radius 2 is 1.49 bits per heavy atom. The molecular formula is C38H32N4O6S. The quantitative estimate of drug-likeness (QED) is 0.0500. The molecule has 0 aromatic heterocycles. The van der Waals surface area contributed by atoms with Crippen molar-refractivity contribution in [3.63, 3.8) is 0 Å². The topological polar surface area (TPSA) is 140 Å². The molecule has 5 aromatic rings. The Labute approximate surface area is 287 Å². The van der Waals surface area contributed by atoms with Crippen molar-refractivity contribution in [2.24, 2.45) is 0 Å². The van der Waals surface area contributed by atoms with Crippen molar-refractivity contribution in [3.05, 3.63) is 166 Å². The van der Waals surface area contributed by atoms with Gasteiger partial charge in [0.1, 0.15) is 16.7 Å². The number of hydrogen-bond donors (Lipinski definition) is 3. The Balaban J connectivity index is 1.41. The third kappa shape index (κ3) is 9.21. The van der Waals surface area contributed by atoms with Crippen LogP contribution in [0.3, 0.4) is 0 Å². The first-order valence-electron chi connectivity index (χ1n) is 15.3. The zero-order valence-electron chi connectivity index (χ0n) is 26.4. The standard InChI is InChI=1S/C38H32N4O6S/c1-2-48-34-23-12-10-21-31(34)40-38(45)35(26-14-5-3-6-15-26)49-30-20-13-19-29(25-30)39-37(44)32(41-36(43)27-16-7-4-8-17-27)24-28-18-9-11-22-33(28)42(46)47/h3-25,35H,2H2,1H3,(H,39,44)(H,40,45)(H,41,43)/b32-24+. The van der Waals surface area contributed by atoms with Crippen LogP contribution in [0.25, 0.3) is 6.08 Å². The van der Waals surface area contributed by atoms with Gasteiger partial charge in [-0.05, 0) is 67.1 Å². The van der Waals surface area contributed by atoms with E-state index in [-0.39, 0.29) is 22.9 Å². The molecule has 0 spiro atoms. The molecule has 0 saturated heterocycles. The molecule has 5 aromatic carbocycles. The Kier molecular flexibility index (Phi) is 11.5. The monoisotopic (exact) mass is 672 g/mol. The van der Waals surface area contributed by atoms with Crippen molar-refractivity contribution >= 4 is 52.6 Å². The molecule has 0 aliphatic rings. The molecule has 0 radical (unpaired) electrons. The number of carbonyl (C=O) groups is 3. The molecule has 0 bridgehead atoms. The maximum Gasteiger partial charge on any atom is 0.276 e. The zero-order chi connectivity index (χ0) is 34.6. The third-order valence-corrected chi connectivity index (χ3v) is 8.34. The van der Waals surface area contributed by atoms with Crippen molar-refractivity contribution in [3.8, 4) is 5.75 Å². The number of para-hydroxylation sites is 3. The molecule has 0 heterocycles. The highest BCUT2D eigenvalue weighted by Gasteiger charge is 2.24. The van der Waals surface area contributed by atoms with Gasteiger partial charge >= 0.3 is 0 Å². The highest BCUT2D eigenvalue weighted by atomic mass is 32.2. The number of nitro groups is 1. The molecule has 3 N–H and O–H groups in total. The number of ether oxygens (including phenoxy) is 1. The van der Waals surface area contributed by atoms with Gasteiger partial charge in [-0.25, -0.2) is 0 Å². The lowest BCUT2D eigenvalue weighted by Crippen LogP contribution is -2.30. The van der Waals surface area contributed by atoms with Crippen LogP contribution in [0.1, 0.15) is 33.7 Å². The first-order chi connectivity index (χ1) is 23.8. The van der Waals surface area contributed by atoms with Crippen LogP contribution in [0.4, 0.5) is 17.1 Å². The highest BCUT2D eigenvalue weighted by Crippen LogP contribution is 2.38. The minimum atomic E-state index is -0.700. The molecule has 49 heavy (non-hydrogen) atoms. The van der Waals surface area contributed by atoms with Crippen LogP contribution < -0.4 is 20.7 Å². The van der Waals surface area contributed by atoms with Crippen molar-refractivity contribution in [2.75, 3.05) is 17.2 Å². The van der Waals surface area contributed by atoms with Crippen molar-refractivity contribution in [1.82, 2.24) is 5.32 Å². The van der Waals surface area contributed by atoms with Gasteiger partial charge in [0.05, 0.1) is 22.8 Å². The van der Waals surface area contributed by atoms with Crippen LogP contribution in [0.15, 0.2) is 144 Å². The van der Waals surface area contributed by atoms with E-state index in [9.17, 15) is 24.5 Å². The van der Waals surface area contributed by atoms with Crippen molar-refractivity contribution in [1.29, 1.82) is 0 Å². The predicted molar refractivity (Wildman–Crippen MR) is 191 cm³/mol. The summed E-state index contributed by atoms with van der Waals surface area (Å²) in [5.41, 5.74) is 1.71. The van der Waals surface area contributed by atoms with Crippen LogP contribution in [0.2, 0.25) is 0 Å². The van der Waals surface area contributed by atoms with Gasteiger partial charge < -0.3 is 20.7 Å². The van der Waals surface area contributed by atoms with Gasteiger partial charge in [-0.2, -0.15) is 0 Å². The van der Waals surface area contributed by atoms with Crippen LogP contribution in [0, 0.1) is 10.1 Å². The fraction of sp³-hybridized carbons (Fsp3) is 0.0789. The molecule has 1 unspecified atom stereocenters. The summed E-state index contributed by atoms with van der Waals surface area (Å²) in [5, 5.41) is 19.4. The minimum absolute atomic E-state index is 0.137. The normalized spacial score (nSPS) is 11.6. The molecule has 246 valence electrons. The van der Waals surface area contributed by atoms with Gasteiger partial charge in [0.25, 0.3) is 17.5 Å². The summed E-state index contributed by atoms with van der Waals surface area (Å²) in [6.45, 7) is 2.31. The summed E-state index contributed by atoms with van der Waals surface area (Å²) >= 11 is 1.29. The lowest BCUT2D eigenvalue weighted by Gasteiger charge is -2.19. The molecular weight excluding hydrogens is 641 g/mol. The molecule has 0 aliphatic carbocycles. The van der Waals surface area contributed by atoms with Gasteiger partial charge in [-0.15, -0.1) is 11.8 Å². The Morgan fingerprint density at radius 3 is 2.22 bits per heavy atom. The van der Waals surface area contributed by atoms with Crippen LogP contribution in [-0.2, 0) is 9.59 Å². The van der Waals surface area contributed by atoms with Crippen LogP contribution in [0.5, 0.6) is 5.75 Å². The van der Waals surface area contributed by atoms with E-state index in [0.717, 1.165) is 5.56 Å². The molecule has 1 atom stereocenters. The molecule has 11 heteroatoms. The number of nitro benzene ring substituents is 1. The lowest BCUT2D eigenvalue weighted by atomic mass is 10.1. The smallest absolute Gasteiger partial charge is 0.276 e. The largest absolute Gasteiger partial charge is 0.492 e. The number of hydrogen-bond acceptors (Lipinski definition) is 7. The zero-order valence-corrected chi connectivity index (χ0v) is 27.2. The SMILES string of the molecule is CCOc1ccccc1NC(=O)C(Sc1cccc(NC(=O)/C(=C\c2ccccc2[N+](=O)[O-])NC(=O)c2ccccc2)c1)c1ccccc1. The predicted octanol–water partition coefficient (Wildman–Crippen LogP) is 7.88. The fourth-order valence-electron chi connectivity index (χ4n) is 4.81. The summed E-state index contributed by atoms with van der Waals surface area (Å²) in [6.07, 6.45) is 1.27. The summed E-state index contributed by atoms with van der Waals surface area (Å²) in [7, 11) is 0. The first kappa shape index (κ1) is 34.1. The number of rotatable bonds is 13. The molecule has 0 saturated carbocycles. The summed E-state index contributed by atoms with van der Waals surface area (Å²) < 4.78 is 5.69. The van der Waals surface area contributed by atoms with E-state index in [1.165, 1.54) is 36.0 Å². The maximum atomic E-state index is 13.7. The van der Waals surface area contributed by atoms with Gasteiger partial charge in [-0.1, -0.05) is 78.9 Å². The Morgan fingerprint density at radius 1 is 0.816 bits per heavy atom. The van der Waals surface area contributed by atoms with E-state index in [4.69, 9.17) is 4.74 Å². The van der Waals surface area contributed by atoms with Crippen LogP contribution in [-0.4, -0.2) is 29.3 Å². The maximum absolute atomic E-state index is 13.7. The lowest BCUT2D eigenvalue weighted by molar-refractivity contribution is -0.385. The average molecular weight is 673 g/mol. The van der Waals surface area contributed by atoms with Gasteiger partial charge in [0.2, 0.25) is 5.91 Å². The van der Waals surface area contributed by atoms with E-state index < -0.39 is 22.0 Å². The van der Waals surface area contributed by atoms with E-state index in [1.807, 2.05) is 55.5 Å². The molecule has 10 nitrogen and oxygen atoms in total. The number of thioether (sulfide) groups is 1. The second-order valence-corrected chi connectivity index (χ2v) is 11.7. The number of anilines is 2. The number of carbonyl (C=O) groups excluding carboxylic acids is 3. The summed E-state index contributed by atoms with van der Waals surface area (Å²) in [4.78, 5) is 52.3. The minimum Gasteiger partial charge on any atom is -0.492 e. The van der Waals surface area contributed by atoms with Gasteiger partial charge in [0.15, 0.2) is 0 Å². The van der Waals surface area contributed by atoms with Crippen molar-refractivity contribution < 1.29 is 24.0 Å². The van der Waals surface area contributed by atoms with Gasteiger partial charge in [-0.3, -0.25) is 24.5 Å². The Hall–Kier alpha value is -6.20. The van der Waals surface area contributed by atoms with E-state index in [2.05, 4.69) is 16.0 Å². The van der Waals surface area contributed by atoms with Gasteiger partial charge in [0, 0.05) is 22.2 Å². The molecule has 0 fully saturated rings. The Bertz CT molecular complexity index is 1990. The van der Waals surface area contributed by atoms with E-state index in [1.54, 1.807) is 66.7 Å². The van der Waals surface area contributed by atoms with Crippen molar-refractivity contribution in [2.45, 2.75) is 17.1 Å². The third-order valence-electron chi connectivity index (χ3n) is 7.09. The second-order valence-electron chi connectivity index (χ2n) is 10.5.